The number of esters is 1. The Kier molecular flexibility index (Phi) is 3.42. The van der Waals surface area contributed by atoms with Crippen LogP contribution in [-0.4, -0.2) is 17.7 Å². The number of nitrogens with zero attached hydrogens (tertiary/aromatic N) is 1. The molecule has 17 heavy (non-hydrogen) atoms. The summed E-state index contributed by atoms with van der Waals surface area (Å²) in [6, 6.07) is 2.76. The number of aromatic nitrogens is 1. The smallest absolute Gasteiger partial charge is 0.312 e. The van der Waals surface area contributed by atoms with Crippen LogP contribution in [0.5, 0.6) is 0 Å². The highest BCUT2D eigenvalue weighted by Gasteiger charge is 2.15. The van der Waals surface area contributed by atoms with Crippen LogP contribution >= 0.6 is 15.9 Å². The first-order chi connectivity index (χ1) is 8.11. The molecule has 1 heterocycles. The van der Waals surface area contributed by atoms with Crippen molar-refractivity contribution in [3.63, 3.8) is 0 Å². The molecule has 0 aliphatic rings. The molecule has 1 aromatic heterocycles. The second kappa shape index (κ2) is 4.83. The third-order valence-electron chi connectivity index (χ3n) is 2.20. The molecule has 0 fully saturated rings. The first kappa shape index (κ1) is 12.0. The number of carbonyl (C=O) groups is 1. The Labute approximate surface area is 105 Å². The average molecular weight is 302 g/mol. The van der Waals surface area contributed by atoms with Crippen molar-refractivity contribution in [3.05, 3.63) is 28.1 Å². The van der Waals surface area contributed by atoms with Crippen molar-refractivity contribution in [1.29, 1.82) is 0 Å². The Morgan fingerprint density at radius 2 is 2.35 bits per heavy atom. The average Bonchev–Trinajstić information content (AvgIpc) is 2.63. The summed E-state index contributed by atoms with van der Waals surface area (Å²) < 4.78 is 23.5. The summed E-state index contributed by atoms with van der Waals surface area (Å²) in [5, 5.41) is 4.22. The SMILES string of the molecule is CCOC(=O)Cc1noc2cc(Br)c(F)cc12. The van der Waals surface area contributed by atoms with Crippen LogP contribution in [0.15, 0.2) is 21.1 Å². The summed E-state index contributed by atoms with van der Waals surface area (Å²) in [5.41, 5.74) is 0.808. The normalized spacial score (nSPS) is 10.8. The van der Waals surface area contributed by atoms with Crippen molar-refractivity contribution >= 4 is 32.9 Å². The Bertz CT molecular complexity index is 567. The molecule has 0 saturated carbocycles. The van der Waals surface area contributed by atoms with E-state index in [4.69, 9.17) is 9.26 Å². The van der Waals surface area contributed by atoms with Crippen LogP contribution in [0.25, 0.3) is 11.0 Å². The van der Waals surface area contributed by atoms with Crippen molar-refractivity contribution in [2.45, 2.75) is 13.3 Å². The number of halogens is 2. The molecular weight excluding hydrogens is 293 g/mol. The Morgan fingerprint density at radius 1 is 1.59 bits per heavy atom. The van der Waals surface area contributed by atoms with Crippen molar-refractivity contribution in [3.8, 4) is 0 Å². The minimum atomic E-state index is -0.425. The van der Waals surface area contributed by atoms with Gasteiger partial charge in [0.1, 0.15) is 11.5 Å². The molecule has 0 aliphatic heterocycles. The van der Waals surface area contributed by atoms with Gasteiger partial charge in [0.05, 0.1) is 17.5 Å². The van der Waals surface area contributed by atoms with Crippen LogP contribution in [0.4, 0.5) is 4.39 Å². The third kappa shape index (κ3) is 2.46. The third-order valence-corrected chi connectivity index (χ3v) is 2.81. The van der Waals surface area contributed by atoms with Crippen molar-refractivity contribution in [2.75, 3.05) is 6.61 Å². The molecule has 2 aromatic rings. The Morgan fingerprint density at radius 3 is 3.06 bits per heavy atom. The van der Waals surface area contributed by atoms with E-state index in [2.05, 4.69) is 21.1 Å². The predicted molar refractivity (Wildman–Crippen MR) is 62.0 cm³/mol. The van der Waals surface area contributed by atoms with E-state index >= 15 is 0 Å². The largest absolute Gasteiger partial charge is 0.466 e. The first-order valence-electron chi connectivity index (χ1n) is 5.00. The maximum Gasteiger partial charge on any atom is 0.312 e. The van der Waals surface area contributed by atoms with Gasteiger partial charge in [0.25, 0.3) is 0 Å². The van der Waals surface area contributed by atoms with Crippen LogP contribution in [0, 0.1) is 5.82 Å². The monoisotopic (exact) mass is 301 g/mol. The van der Waals surface area contributed by atoms with Gasteiger partial charge in [0.2, 0.25) is 0 Å². The molecule has 90 valence electrons. The lowest BCUT2D eigenvalue weighted by Crippen LogP contribution is -2.07. The van der Waals surface area contributed by atoms with Gasteiger partial charge >= 0.3 is 5.97 Å². The number of hydrogen-bond acceptors (Lipinski definition) is 4. The minimum absolute atomic E-state index is 0.0259. The minimum Gasteiger partial charge on any atom is -0.466 e. The fourth-order valence-corrected chi connectivity index (χ4v) is 1.78. The standard InChI is InChI=1S/C11H9BrFNO3/c1-2-16-11(15)5-9-6-3-8(13)7(12)4-10(6)17-14-9/h3-4H,2,5H2,1H3. The molecule has 4 nitrogen and oxygen atoms in total. The number of benzene rings is 1. The lowest BCUT2D eigenvalue weighted by Gasteiger charge is -1.99. The molecule has 0 atom stereocenters. The van der Waals surface area contributed by atoms with E-state index in [-0.39, 0.29) is 6.42 Å². The number of rotatable bonds is 3. The first-order valence-corrected chi connectivity index (χ1v) is 5.80. The van der Waals surface area contributed by atoms with E-state index in [1.807, 2.05) is 0 Å². The highest BCUT2D eigenvalue weighted by molar-refractivity contribution is 9.10. The van der Waals surface area contributed by atoms with Crippen LogP contribution in [0.2, 0.25) is 0 Å². The summed E-state index contributed by atoms with van der Waals surface area (Å²) in [7, 11) is 0. The maximum absolute atomic E-state index is 13.4. The van der Waals surface area contributed by atoms with Gasteiger partial charge in [-0.2, -0.15) is 0 Å². The molecule has 1 aromatic carbocycles. The quantitative estimate of drug-likeness (QED) is 0.818. The molecular formula is C11H9BrFNO3. The van der Waals surface area contributed by atoms with Gasteiger partial charge in [0, 0.05) is 11.5 Å². The molecule has 0 saturated heterocycles. The van der Waals surface area contributed by atoms with Crippen LogP contribution in [-0.2, 0) is 16.0 Å². The second-order valence-corrected chi connectivity index (χ2v) is 4.23. The van der Waals surface area contributed by atoms with Gasteiger partial charge in [-0.15, -0.1) is 0 Å². The maximum atomic E-state index is 13.4. The molecule has 0 spiro atoms. The highest BCUT2D eigenvalue weighted by Crippen LogP contribution is 2.26. The number of carbonyl (C=O) groups excluding carboxylic acids is 1. The molecule has 6 heteroatoms. The molecule has 0 amide bonds. The fourth-order valence-electron chi connectivity index (χ4n) is 1.46. The number of hydrogen-bond donors (Lipinski definition) is 0. The number of ether oxygens (including phenoxy) is 1. The van der Waals surface area contributed by atoms with Gasteiger partial charge in [-0.25, -0.2) is 4.39 Å². The van der Waals surface area contributed by atoms with Gasteiger partial charge in [0.15, 0.2) is 5.58 Å². The molecule has 0 bridgehead atoms. The van der Waals surface area contributed by atoms with Gasteiger partial charge in [-0.3, -0.25) is 4.79 Å². The predicted octanol–water partition coefficient (Wildman–Crippen LogP) is 2.84. The summed E-state index contributed by atoms with van der Waals surface area (Å²) in [5.74, 6) is -0.836. The van der Waals surface area contributed by atoms with Gasteiger partial charge in [-0.05, 0) is 28.9 Å². The molecule has 0 unspecified atom stereocenters. The zero-order chi connectivity index (χ0) is 12.4. The summed E-state index contributed by atoms with van der Waals surface area (Å²) in [6.45, 7) is 2.02. The zero-order valence-electron chi connectivity index (χ0n) is 9.00. The molecule has 0 aliphatic carbocycles. The van der Waals surface area contributed by atoms with E-state index in [0.29, 0.717) is 27.7 Å². The van der Waals surface area contributed by atoms with Crippen molar-refractivity contribution in [2.24, 2.45) is 0 Å². The molecule has 0 N–H and O–H groups in total. The van der Waals surface area contributed by atoms with Gasteiger partial charge < -0.3 is 9.26 Å². The van der Waals surface area contributed by atoms with E-state index in [1.54, 1.807) is 6.92 Å². The van der Waals surface area contributed by atoms with Crippen molar-refractivity contribution in [1.82, 2.24) is 5.16 Å². The van der Waals surface area contributed by atoms with Gasteiger partial charge in [-0.1, -0.05) is 5.16 Å². The lowest BCUT2D eigenvalue weighted by atomic mass is 10.2. The fraction of sp³-hybridized carbons (Fsp3) is 0.273. The van der Waals surface area contributed by atoms with E-state index < -0.39 is 11.8 Å². The molecule has 2 rings (SSSR count). The summed E-state index contributed by atoms with van der Waals surface area (Å²) in [6.07, 6.45) is -0.0259. The van der Waals surface area contributed by atoms with Crippen LogP contribution < -0.4 is 0 Å². The Balaban J connectivity index is 2.36. The van der Waals surface area contributed by atoms with E-state index in [1.165, 1.54) is 12.1 Å². The van der Waals surface area contributed by atoms with Crippen molar-refractivity contribution < 1.29 is 18.4 Å². The number of fused-ring (bicyclic) bond motifs is 1. The van der Waals surface area contributed by atoms with E-state index in [9.17, 15) is 9.18 Å². The topological polar surface area (TPSA) is 52.3 Å². The second-order valence-electron chi connectivity index (χ2n) is 3.37. The summed E-state index contributed by atoms with van der Waals surface area (Å²) in [4.78, 5) is 11.3. The van der Waals surface area contributed by atoms with Crippen LogP contribution in [0.1, 0.15) is 12.6 Å². The lowest BCUT2D eigenvalue weighted by molar-refractivity contribution is -0.142. The highest BCUT2D eigenvalue weighted by atomic mass is 79.9. The van der Waals surface area contributed by atoms with Crippen LogP contribution in [0.3, 0.4) is 0 Å². The zero-order valence-corrected chi connectivity index (χ0v) is 10.6. The summed E-state index contributed by atoms with van der Waals surface area (Å²) >= 11 is 3.05. The van der Waals surface area contributed by atoms with E-state index in [0.717, 1.165) is 0 Å². The molecule has 0 radical (unpaired) electrons. The Hall–Kier alpha value is -1.43.